The van der Waals surface area contributed by atoms with Crippen LogP contribution in [0.1, 0.15) is 0 Å². The number of ether oxygens (including phenoxy) is 1. The van der Waals surface area contributed by atoms with E-state index in [0.29, 0.717) is 10.6 Å². The van der Waals surface area contributed by atoms with E-state index >= 15 is 0 Å². The first-order chi connectivity index (χ1) is 7.09. The van der Waals surface area contributed by atoms with E-state index in [2.05, 4.69) is 0 Å². The van der Waals surface area contributed by atoms with Crippen LogP contribution in [-0.2, 0) is 4.79 Å². The quantitative estimate of drug-likeness (QED) is 0.658. The Labute approximate surface area is 101 Å². The minimum Gasteiger partial charge on any atom is -0.481 e. The monoisotopic (exact) mass is 266 g/mol. The van der Waals surface area contributed by atoms with Crippen LogP contribution in [0.4, 0.5) is 0 Å². The molecule has 0 amide bonds. The molecule has 0 fully saturated rings. The molecule has 0 unspecified atom stereocenters. The Morgan fingerprint density at radius 1 is 1.47 bits per heavy atom. The summed E-state index contributed by atoms with van der Waals surface area (Å²) in [6.07, 6.45) is 0. The maximum Gasteiger partial charge on any atom is 0.313 e. The van der Waals surface area contributed by atoms with Gasteiger partial charge in [0.2, 0.25) is 5.02 Å². The molecule has 1 N–H and O–H groups in total. The molecule has 0 bridgehead atoms. The van der Waals surface area contributed by atoms with E-state index in [1.54, 1.807) is 24.3 Å². The summed E-state index contributed by atoms with van der Waals surface area (Å²) in [4.78, 5) is 11.1. The zero-order valence-electron chi connectivity index (χ0n) is 7.52. The van der Waals surface area contributed by atoms with Crippen molar-refractivity contribution in [1.29, 1.82) is 0 Å². The first-order valence-corrected chi connectivity index (χ1v) is 5.84. The van der Waals surface area contributed by atoms with Crippen molar-refractivity contribution in [3.63, 3.8) is 0 Å². The minimum atomic E-state index is -0.962. The number of aliphatic carboxylic acids is 1. The molecule has 0 radical (unpaired) electrons. The molecule has 1 aromatic carbocycles. The van der Waals surface area contributed by atoms with Gasteiger partial charge in [-0.2, -0.15) is 0 Å². The van der Waals surface area contributed by atoms with Crippen LogP contribution in [0.5, 0.6) is 5.75 Å². The van der Waals surface area contributed by atoms with Crippen LogP contribution in [0, 0.1) is 0 Å². The van der Waals surface area contributed by atoms with E-state index in [1.807, 2.05) is 0 Å². The predicted molar refractivity (Wildman–Crippen MR) is 60.9 cm³/mol. The second-order valence-electron chi connectivity index (χ2n) is 2.51. The summed E-state index contributed by atoms with van der Waals surface area (Å²) < 4.78 is 5.09. The third kappa shape index (κ3) is 4.64. The van der Waals surface area contributed by atoms with Crippen molar-refractivity contribution in [2.75, 3.05) is 5.75 Å². The van der Waals surface area contributed by atoms with Crippen LogP contribution >= 0.6 is 35.0 Å². The van der Waals surface area contributed by atoms with Crippen LogP contribution in [0.15, 0.2) is 29.2 Å². The van der Waals surface area contributed by atoms with Crippen LogP contribution in [0.3, 0.4) is 0 Å². The molecule has 0 aliphatic rings. The molecule has 0 aliphatic carbocycles. The van der Waals surface area contributed by atoms with Gasteiger partial charge in [-0.15, -0.1) is 11.8 Å². The van der Waals surface area contributed by atoms with Crippen LogP contribution in [-0.4, -0.2) is 21.9 Å². The number of hydrogen-bond acceptors (Lipinski definition) is 3. The van der Waals surface area contributed by atoms with Crippen LogP contribution in [0.25, 0.3) is 0 Å². The maximum absolute atomic E-state index is 10.4. The first-order valence-electron chi connectivity index (χ1n) is 3.98. The van der Waals surface area contributed by atoms with Gasteiger partial charge in [-0.05, 0) is 12.1 Å². The first kappa shape index (κ1) is 12.5. The lowest BCUT2D eigenvalue weighted by atomic mass is 10.3. The van der Waals surface area contributed by atoms with E-state index in [-0.39, 0.29) is 5.75 Å². The van der Waals surface area contributed by atoms with Crippen molar-refractivity contribution in [2.45, 2.75) is 9.92 Å². The van der Waals surface area contributed by atoms with Gasteiger partial charge in [0.05, 0.1) is 10.6 Å². The molecule has 0 saturated carbocycles. The lowest BCUT2D eigenvalue weighted by Gasteiger charge is -2.10. The van der Waals surface area contributed by atoms with Crippen molar-refractivity contribution in [1.82, 2.24) is 0 Å². The topological polar surface area (TPSA) is 46.5 Å². The number of carboxylic acids is 1. The van der Waals surface area contributed by atoms with Gasteiger partial charge >= 0.3 is 5.97 Å². The van der Waals surface area contributed by atoms with Crippen LogP contribution in [0.2, 0.25) is 0 Å². The van der Waals surface area contributed by atoms with Crippen molar-refractivity contribution < 1.29 is 14.6 Å². The molecule has 82 valence electrons. The Hall–Kier alpha value is -0.580. The average Bonchev–Trinajstić information content (AvgIpc) is 2.15. The van der Waals surface area contributed by atoms with Gasteiger partial charge in [-0.25, -0.2) is 0 Å². The number of halogens is 2. The van der Waals surface area contributed by atoms with Crippen LogP contribution < -0.4 is 4.74 Å². The molecule has 0 aliphatic heterocycles. The molecule has 1 rings (SSSR count). The second kappa shape index (κ2) is 6.10. The number of rotatable bonds is 5. The minimum absolute atomic E-state index is 0.0321. The molecule has 3 nitrogen and oxygen atoms in total. The zero-order valence-corrected chi connectivity index (χ0v) is 9.85. The SMILES string of the molecule is O=C(O)CSc1ccccc1OC(Cl)Cl. The third-order valence-corrected chi connectivity index (χ3v) is 2.63. The Balaban J connectivity index is 2.72. The fourth-order valence-corrected chi connectivity index (χ4v) is 1.81. The summed E-state index contributed by atoms with van der Waals surface area (Å²) >= 11 is 12.1. The standard InChI is InChI=1S/C9H8Cl2O3S/c10-9(11)14-6-3-1-2-4-7(6)15-5-8(12)13/h1-4,9H,5H2,(H,12,13). The summed E-state index contributed by atoms with van der Waals surface area (Å²) in [6, 6.07) is 6.98. The number of thioether (sulfide) groups is 1. The number of carbonyl (C=O) groups is 1. The number of alkyl halides is 2. The van der Waals surface area contributed by atoms with E-state index < -0.39 is 11.0 Å². The summed E-state index contributed by atoms with van der Waals surface area (Å²) in [5.41, 5.74) is 0. The van der Waals surface area contributed by atoms with E-state index in [9.17, 15) is 4.79 Å². The molecule has 0 spiro atoms. The highest BCUT2D eigenvalue weighted by molar-refractivity contribution is 8.00. The molecule has 0 aromatic heterocycles. The van der Waals surface area contributed by atoms with Crippen molar-refractivity contribution in [3.8, 4) is 5.75 Å². The highest BCUT2D eigenvalue weighted by atomic mass is 35.5. The van der Waals surface area contributed by atoms with E-state index in [0.717, 1.165) is 11.8 Å². The van der Waals surface area contributed by atoms with Gasteiger partial charge in [-0.3, -0.25) is 4.79 Å². The normalized spacial score (nSPS) is 10.3. The van der Waals surface area contributed by atoms with Gasteiger partial charge in [-0.1, -0.05) is 35.3 Å². The van der Waals surface area contributed by atoms with Crippen molar-refractivity contribution >= 4 is 40.9 Å². The van der Waals surface area contributed by atoms with Gasteiger partial charge in [0, 0.05) is 0 Å². The van der Waals surface area contributed by atoms with E-state index in [1.165, 1.54) is 0 Å². The zero-order chi connectivity index (χ0) is 11.3. The summed E-state index contributed by atoms with van der Waals surface area (Å²) in [6.45, 7) is 0. The van der Waals surface area contributed by atoms with Gasteiger partial charge in [0.1, 0.15) is 5.75 Å². The number of hydrogen-bond donors (Lipinski definition) is 1. The van der Waals surface area contributed by atoms with Gasteiger partial charge in [0.15, 0.2) is 0 Å². The molecule has 0 heterocycles. The number of para-hydroxylation sites is 1. The van der Waals surface area contributed by atoms with Gasteiger partial charge in [0.25, 0.3) is 0 Å². The Bertz CT molecular complexity index is 344. The highest BCUT2D eigenvalue weighted by Gasteiger charge is 2.08. The van der Waals surface area contributed by atoms with E-state index in [4.69, 9.17) is 33.0 Å². The summed E-state index contributed by atoms with van der Waals surface area (Å²) in [5, 5.41) is 7.57. The fraction of sp³-hybridized carbons (Fsp3) is 0.222. The Kier molecular flexibility index (Phi) is 5.08. The average molecular weight is 267 g/mol. The number of benzene rings is 1. The molecule has 0 atom stereocenters. The Morgan fingerprint density at radius 3 is 2.73 bits per heavy atom. The van der Waals surface area contributed by atoms with Gasteiger partial charge < -0.3 is 9.84 Å². The fourth-order valence-electron chi connectivity index (χ4n) is 0.902. The summed E-state index contributed by atoms with van der Waals surface area (Å²) in [7, 11) is 0. The molecule has 1 aromatic rings. The highest BCUT2D eigenvalue weighted by Crippen LogP contribution is 2.30. The smallest absolute Gasteiger partial charge is 0.313 e. The second-order valence-corrected chi connectivity index (χ2v) is 4.54. The molecular formula is C9H8Cl2O3S. The summed E-state index contributed by atoms with van der Waals surface area (Å²) in [5.74, 6) is -0.433. The van der Waals surface area contributed by atoms with Crippen molar-refractivity contribution in [3.05, 3.63) is 24.3 Å². The lowest BCUT2D eigenvalue weighted by molar-refractivity contribution is -0.133. The third-order valence-electron chi connectivity index (χ3n) is 1.42. The molecule has 0 saturated heterocycles. The molecule has 6 heteroatoms. The Morgan fingerprint density at radius 2 is 2.13 bits per heavy atom. The predicted octanol–water partition coefficient (Wildman–Crippen LogP) is 3.00. The molecular weight excluding hydrogens is 259 g/mol. The lowest BCUT2D eigenvalue weighted by Crippen LogP contribution is -2.02. The largest absolute Gasteiger partial charge is 0.481 e. The maximum atomic E-state index is 10.4. The van der Waals surface area contributed by atoms with Crippen molar-refractivity contribution in [2.24, 2.45) is 0 Å². The molecule has 15 heavy (non-hydrogen) atoms. The number of carboxylic acid groups (broad SMARTS) is 1.